The first-order valence-corrected chi connectivity index (χ1v) is 7.03. The summed E-state index contributed by atoms with van der Waals surface area (Å²) in [6.45, 7) is 7.47. The van der Waals surface area contributed by atoms with Crippen molar-refractivity contribution >= 4 is 17.1 Å². The van der Waals surface area contributed by atoms with Gasteiger partial charge in [-0.2, -0.15) is 0 Å². The summed E-state index contributed by atoms with van der Waals surface area (Å²) in [5.74, 6) is 0.594. The van der Waals surface area contributed by atoms with Gasteiger partial charge >= 0.3 is 0 Å². The van der Waals surface area contributed by atoms with E-state index in [0.29, 0.717) is 10.6 Å². The zero-order valence-electron chi connectivity index (χ0n) is 11.5. The monoisotopic (exact) mass is 275 g/mol. The van der Waals surface area contributed by atoms with Crippen LogP contribution in [0.4, 0.5) is 0 Å². The molecule has 4 heteroatoms. The third kappa shape index (κ3) is 2.68. The van der Waals surface area contributed by atoms with E-state index >= 15 is 0 Å². The minimum absolute atomic E-state index is 0.0455. The summed E-state index contributed by atoms with van der Waals surface area (Å²) < 4.78 is 0. The second kappa shape index (κ2) is 5.13. The van der Waals surface area contributed by atoms with E-state index in [1.54, 1.807) is 13.0 Å². The molecule has 1 heterocycles. The number of Topliss-reactive ketones (excluding diaryl/α,β-unsaturated/α-hetero) is 1. The Labute approximate surface area is 116 Å². The van der Waals surface area contributed by atoms with Gasteiger partial charge in [-0.05, 0) is 36.6 Å². The van der Waals surface area contributed by atoms with Gasteiger partial charge in [-0.3, -0.25) is 4.79 Å². The molecule has 0 amide bonds. The van der Waals surface area contributed by atoms with E-state index < -0.39 is 0 Å². The van der Waals surface area contributed by atoms with Gasteiger partial charge < -0.3 is 5.11 Å². The quantitative estimate of drug-likeness (QED) is 0.856. The van der Waals surface area contributed by atoms with Gasteiger partial charge in [0.05, 0.1) is 10.6 Å². The molecular weight excluding hydrogens is 258 g/mol. The Morgan fingerprint density at radius 2 is 2.05 bits per heavy atom. The van der Waals surface area contributed by atoms with Gasteiger partial charge in [-0.15, -0.1) is 11.3 Å². The predicted molar refractivity (Wildman–Crippen MR) is 78.0 cm³/mol. The lowest BCUT2D eigenvalue weighted by Gasteiger charge is -2.09. The van der Waals surface area contributed by atoms with E-state index in [0.717, 1.165) is 21.8 Å². The van der Waals surface area contributed by atoms with E-state index in [2.05, 4.69) is 4.98 Å². The molecule has 0 aliphatic rings. The number of thiazole rings is 1. The van der Waals surface area contributed by atoms with Crippen LogP contribution in [-0.4, -0.2) is 15.9 Å². The van der Waals surface area contributed by atoms with Crippen LogP contribution in [0.2, 0.25) is 0 Å². The summed E-state index contributed by atoms with van der Waals surface area (Å²) in [5, 5.41) is 10.7. The van der Waals surface area contributed by atoms with Gasteiger partial charge in [0.15, 0.2) is 5.78 Å². The number of rotatable bonds is 3. The molecule has 0 atom stereocenters. The molecule has 100 valence electrons. The standard InChI is InChI=1S/C15H17NO2S/c1-8(2)12-7-11(5-6-13(12)18)15-16-9(3)14(19-15)10(4)17/h5-8,18H,1-4H3. The summed E-state index contributed by atoms with van der Waals surface area (Å²) in [4.78, 5) is 16.6. The molecule has 0 aliphatic carbocycles. The van der Waals surface area contributed by atoms with Crippen molar-refractivity contribution in [3.8, 4) is 16.3 Å². The lowest BCUT2D eigenvalue weighted by atomic mass is 10.00. The molecule has 2 aromatic rings. The van der Waals surface area contributed by atoms with Crippen LogP contribution >= 0.6 is 11.3 Å². The zero-order chi connectivity index (χ0) is 14.2. The lowest BCUT2D eigenvalue weighted by molar-refractivity contribution is 0.102. The molecule has 3 nitrogen and oxygen atoms in total. The van der Waals surface area contributed by atoms with Gasteiger partial charge in [0.1, 0.15) is 10.8 Å². The van der Waals surface area contributed by atoms with Gasteiger partial charge in [0.2, 0.25) is 0 Å². The molecule has 19 heavy (non-hydrogen) atoms. The molecule has 0 bridgehead atoms. The topological polar surface area (TPSA) is 50.2 Å². The van der Waals surface area contributed by atoms with Gasteiger partial charge in [0.25, 0.3) is 0 Å². The average molecular weight is 275 g/mol. The number of ketones is 1. The van der Waals surface area contributed by atoms with Gasteiger partial charge in [0, 0.05) is 12.5 Å². The number of phenols is 1. The van der Waals surface area contributed by atoms with Crippen molar-refractivity contribution in [2.45, 2.75) is 33.6 Å². The van der Waals surface area contributed by atoms with Crippen LogP contribution in [0.3, 0.4) is 0 Å². The Kier molecular flexibility index (Phi) is 3.71. The summed E-state index contributed by atoms with van der Waals surface area (Å²) >= 11 is 1.40. The van der Waals surface area contributed by atoms with Crippen LogP contribution < -0.4 is 0 Å². The second-order valence-electron chi connectivity index (χ2n) is 4.92. The zero-order valence-corrected chi connectivity index (χ0v) is 12.3. The molecule has 0 aliphatic heterocycles. The minimum atomic E-state index is 0.0455. The van der Waals surface area contributed by atoms with Crippen molar-refractivity contribution in [1.29, 1.82) is 0 Å². The number of nitrogens with zero attached hydrogens (tertiary/aromatic N) is 1. The molecular formula is C15H17NO2S. The van der Waals surface area contributed by atoms with E-state index in [-0.39, 0.29) is 11.7 Å². The van der Waals surface area contributed by atoms with Crippen molar-refractivity contribution < 1.29 is 9.90 Å². The smallest absolute Gasteiger partial charge is 0.171 e. The van der Waals surface area contributed by atoms with E-state index in [4.69, 9.17) is 0 Å². The van der Waals surface area contributed by atoms with Crippen LogP contribution in [0.15, 0.2) is 18.2 Å². The molecule has 2 rings (SSSR count). The van der Waals surface area contributed by atoms with Gasteiger partial charge in [-0.25, -0.2) is 4.98 Å². The molecule has 1 N–H and O–H groups in total. The molecule has 0 spiro atoms. The number of carbonyl (C=O) groups excluding carboxylic acids is 1. The van der Waals surface area contributed by atoms with E-state index in [9.17, 15) is 9.90 Å². The Hall–Kier alpha value is -1.68. The Morgan fingerprint density at radius 1 is 1.37 bits per heavy atom. The number of aromatic nitrogens is 1. The number of hydrogen-bond acceptors (Lipinski definition) is 4. The molecule has 0 saturated heterocycles. The molecule has 0 fully saturated rings. The fraction of sp³-hybridized carbons (Fsp3) is 0.333. The maximum Gasteiger partial charge on any atom is 0.171 e. The van der Waals surface area contributed by atoms with Crippen LogP contribution in [0, 0.1) is 6.92 Å². The number of carbonyl (C=O) groups is 1. The molecule has 1 aromatic heterocycles. The number of phenolic OH excluding ortho intramolecular Hbond substituents is 1. The maximum absolute atomic E-state index is 11.5. The van der Waals surface area contributed by atoms with E-state index in [1.165, 1.54) is 11.3 Å². The lowest BCUT2D eigenvalue weighted by Crippen LogP contribution is -1.89. The largest absolute Gasteiger partial charge is 0.508 e. The third-order valence-corrected chi connectivity index (χ3v) is 4.32. The maximum atomic E-state index is 11.5. The minimum Gasteiger partial charge on any atom is -0.508 e. The Bertz CT molecular complexity index is 629. The molecule has 0 radical (unpaired) electrons. The highest BCUT2D eigenvalue weighted by molar-refractivity contribution is 7.17. The Morgan fingerprint density at radius 3 is 2.58 bits per heavy atom. The first-order chi connectivity index (χ1) is 8.90. The normalized spacial score (nSPS) is 11.0. The van der Waals surface area contributed by atoms with Crippen molar-refractivity contribution in [1.82, 2.24) is 4.98 Å². The van der Waals surface area contributed by atoms with Crippen molar-refractivity contribution in [2.75, 3.05) is 0 Å². The number of aromatic hydroxyl groups is 1. The van der Waals surface area contributed by atoms with Crippen molar-refractivity contribution in [3.05, 3.63) is 34.3 Å². The van der Waals surface area contributed by atoms with Crippen LogP contribution in [0.5, 0.6) is 5.75 Å². The molecule has 0 unspecified atom stereocenters. The second-order valence-corrected chi connectivity index (χ2v) is 5.92. The van der Waals surface area contributed by atoms with Crippen molar-refractivity contribution in [3.63, 3.8) is 0 Å². The van der Waals surface area contributed by atoms with Crippen LogP contribution in [-0.2, 0) is 0 Å². The molecule has 0 saturated carbocycles. The number of benzene rings is 1. The van der Waals surface area contributed by atoms with Crippen molar-refractivity contribution in [2.24, 2.45) is 0 Å². The third-order valence-electron chi connectivity index (χ3n) is 3.01. The fourth-order valence-electron chi connectivity index (χ4n) is 2.00. The first-order valence-electron chi connectivity index (χ1n) is 6.21. The summed E-state index contributed by atoms with van der Waals surface area (Å²) in [7, 11) is 0. The number of hydrogen-bond donors (Lipinski definition) is 1. The Balaban J connectivity index is 2.50. The summed E-state index contributed by atoms with van der Waals surface area (Å²) in [6.07, 6.45) is 0. The summed E-state index contributed by atoms with van der Waals surface area (Å²) in [6, 6.07) is 5.47. The highest BCUT2D eigenvalue weighted by Crippen LogP contribution is 2.33. The highest BCUT2D eigenvalue weighted by Gasteiger charge is 2.14. The fourth-order valence-corrected chi connectivity index (χ4v) is 2.95. The SMILES string of the molecule is CC(=O)c1sc(-c2ccc(O)c(C(C)C)c2)nc1C. The van der Waals surface area contributed by atoms with Crippen LogP contribution in [0.1, 0.15) is 47.6 Å². The van der Waals surface area contributed by atoms with Crippen LogP contribution in [0.25, 0.3) is 10.6 Å². The van der Waals surface area contributed by atoms with Gasteiger partial charge in [-0.1, -0.05) is 13.8 Å². The first kappa shape index (κ1) is 13.7. The average Bonchev–Trinajstić information content (AvgIpc) is 2.71. The highest BCUT2D eigenvalue weighted by atomic mass is 32.1. The molecule has 1 aromatic carbocycles. The predicted octanol–water partition coefficient (Wildman–Crippen LogP) is 4.15. The summed E-state index contributed by atoms with van der Waals surface area (Å²) in [5.41, 5.74) is 2.61. The van der Waals surface area contributed by atoms with E-state index in [1.807, 2.05) is 32.9 Å². The number of aryl methyl sites for hydroxylation is 1.